The third-order valence-corrected chi connectivity index (χ3v) is 6.51. The maximum absolute atomic E-state index is 12.5. The van der Waals surface area contributed by atoms with E-state index >= 15 is 0 Å². The van der Waals surface area contributed by atoms with Gasteiger partial charge in [-0.05, 0) is 43.0 Å². The maximum atomic E-state index is 12.5. The lowest BCUT2D eigenvalue weighted by Gasteiger charge is -2.38. The third kappa shape index (κ3) is 4.06. The fourth-order valence-corrected chi connectivity index (χ4v) is 4.99. The van der Waals surface area contributed by atoms with Crippen molar-refractivity contribution in [2.45, 2.75) is 44.8 Å². The van der Waals surface area contributed by atoms with Crippen LogP contribution in [-0.4, -0.2) is 41.9 Å². The first kappa shape index (κ1) is 18.2. The molecule has 0 bridgehead atoms. The first-order chi connectivity index (χ1) is 13.1. The van der Waals surface area contributed by atoms with Gasteiger partial charge in [0, 0.05) is 28.9 Å². The van der Waals surface area contributed by atoms with Gasteiger partial charge in [0.15, 0.2) is 0 Å². The van der Waals surface area contributed by atoms with E-state index in [4.69, 9.17) is 0 Å². The molecule has 0 spiro atoms. The van der Waals surface area contributed by atoms with Crippen molar-refractivity contribution in [2.75, 3.05) is 13.1 Å². The summed E-state index contributed by atoms with van der Waals surface area (Å²) in [6, 6.07) is 12.5. The average Bonchev–Trinajstić information content (AvgIpc) is 3.27. The van der Waals surface area contributed by atoms with Crippen LogP contribution < -0.4 is 10.6 Å². The van der Waals surface area contributed by atoms with E-state index in [1.807, 2.05) is 6.07 Å². The van der Waals surface area contributed by atoms with E-state index in [1.54, 1.807) is 11.3 Å². The number of aryl methyl sites for hydroxylation is 1. The minimum atomic E-state index is -0.386. The maximum Gasteiger partial charge on any atom is 0.237 e. The zero-order valence-electron chi connectivity index (χ0n) is 15.5. The summed E-state index contributed by atoms with van der Waals surface area (Å²) in [5.41, 5.74) is 2.73. The van der Waals surface area contributed by atoms with Crippen LogP contribution in [-0.2, 0) is 29.0 Å². The molecule has 6 heteroatoms. The molecule has 1 atom stereocenters. The van der Waals surface area contributed by atoms with Crippen molar-refractivity contribution in [3.8, 4) is 0 Å². The number of nitrogens with one attached hydrogen (secondary N) is 2. The van der Waals surface area contributed by atoms with E-state index in [-0.39, 0.29) is 24.3 Å². The average molecular weight is 384 g/mol. The highest BCUT2D eigenvalue weighted by Gasteiger charge is 2.38. The summed E-state index contributed by atoms with van der Waals surface area (Å²) >= 11 is 1.69. The van der Waals surface area contributed by atoms with Crippen molar-refractivity contribution in [3.05, 3.63) is 57.3 Å². The molecule has 2 aliphatic rings. The second-order valence-corrected chi connectivity index (χ2v) is 8.74. The standard InChI is InChI=1S/C21H25N3O2S/c1-14-6-7-18(27-14)13-23-20(25)12-19-21(26)22-8-9-24(19)17-10-15-4-2-3-5-16(15)11-17/h2-7,17,19H,8-13H2,1H3,(H,22,26)(H,23,25). The Labute approximate surface area is 163 Å². The normalized spacial score (nSPS) is 20.3. The Hall–Kier alpha value is -2.18. The monoisotopic (exact) mass is 383 g/mol. The zero-order valence-corrected chi connectivity index (χ0v) is 16.3. The largest absolute Gasteiger partial charge is 0.353 e. The molecule has 27 heavy (non-hydrogen) atoms. The molecule has 1 aliphatic heterocycles. The number of benzene rings is 1. The summed E-state index contributed by atoms with van der Waals surface area (Å²) in [6.45, 7) is 4.03. The molecule has 1 fully saturated rings. The summed E-state index contributed by atoms with van der Waals surface area (Å²) in [5, 5.41) is 5.90. The fraction of sp³-hybridized carbons (Fsp3) is 0.429. The van der Waals surface area contributed by atoms with Crippen LogP contribution in [0.4, 0.5) is 0 Å². The molecule has 1 aliphatic carbocycles. The third-order valence-electron chi connectivity index (χ3n) is 5.51. The Balaban J connectivity index is 1.40. The van der Waals surface area contributed by atoms with E-state index in [1.165, 1.54) is 16.0 Å². The number of carbonyl (C=O) groups excluding carboxylic acids is 2. The number of thiophene rings is 1. The molecule has 2 aromatic rings. The number of carbonyl (C=O) groups is 2. The van der Waals surface area contributed by atoms with Crippen LogP contribution in [0.1, 0.15) is 27.3 Å². The fourth-order valence-electron chi connectivity index (χ4n) is 4.16. The molecule has 2 amide bonds. The van der Waals surface area contributed by atoms with Gasteiger partial charge in [-0.25, -0.2) is 0 Å². The molecule has 2 heterocycles. The van der Waals surface area contributed by atoms with Crippen LogP contribution >= 0.6 is 11.3 Å². The van der Waals surface area contributed by atoms with Gasteiger partial charge >= 0.3 is 0 Å². The second kappa shape index (κ2) is 7.82. The topological polar surface area (TPSA) is 61.4 Å². The first-order valence-corrected chi connectivity index (χ1v) is 10.3. The van der Waals surface area contributed by atoms with Crippen molar-refractivity contribution >= 4 is 23.2 Å². The number of rotatable bonds is 5. The van der Waals surface area contributed by atoms with Gasteiger partial charge in [0.25, 0.3) is 0 Å². The first-order valence-electron chi connectivity index (χ1n) is 9.52. The smallest absolute Gasteiger partial charge is 0.237 e. The predicted octanol–water partition coefficient (Wildman–Crippen LogP) is 2.03. The minimum absolute atomic E-state index is 0.0284. The van der Waals surface area contributed by atoms with E-state index < -0.39 is 0 Å². The Morgan fingerprint density at radius 1 is 1.22 bits per heavy atom. The van der Waals surface area contributed by atoms with Gasteiger partial charge < -0.3 is 10.6 Å². The lowest BCUT2D eigenvalue weighted by Crippen LogP contribution is -2.59. The van der Waals surface area contributed by atoms with Crippen LogP contribution in [0.15, 0.2) is 36.4 Å². The van der Waals surface area contributed by atoms with Crippen LogP contribution in [0, 0.1) is 6.92 Å². The zero-order chi connectivity index (χ0) is 18.8. The molecule has 5 nitrogen and oxygen atoms in total. The molecule has 142 valence electrons. The molecular weight excluding hydrogens is 358 g/mol. The number of nitrogens with zero attached hydrogens (tertiary/aromatic N) is 1. The van der Waals surface area contributed by atoms with Crippen molar-refractivity contribution < 1.29 is 9.59 Å². The quantitative estimate of drug-likeness (QED) is 0.831. The predicted molar refractivity (Wildman–Crippen MR) is 107 cm³/mol. The van der Waals surface area contributed by atoms with Gasteiger partial charge in [0.1, 0.15) is 0 Å². The highest BCUT2D eigenvalue weighted by atomic mass is 32.1. The van der Waals surface area contributed by atoms with Gasteiger partial charge in [-0.15, -0.1) is 11.3 Å². The molecule has 1 aromatic carbocycles. The Bertz CT molecular complexity index is 822. The molecule has 0 radical (unpaired) electrons. The van der Waals surface area contributed by atoms with E-state index in [2.05, 4.69) is 52.8 Å². The number of piperazine rings is 1. The summed E-state index contributed by atoms with van der Waals surface area (Å²) in [6.07, 6.45) is 2.12. The SMILES string of the molecule is Cc1ccc(CNC(=O)CC2C(=O)NCCN2C2Cc3ccccc3C2)s1. The molecule has 2 N–H and O–H groups in total. The molecule has 1 unspecified atom stereocenters. The van der Waals surface area contributed by atoms with E-state index in [0.717, 1.165) is 24.3 Å². The van der Waals surface area contributed by atoms with Gasteiger partial charge in [-0.1, -0.05) is 24.3 Å². The molecule has 4 rings (SSSR count). The van der Waals surface area contributed by atoms with E-state index in [9.17, 15) is 9.59 Å². The number of hydrogen-bond acceptors (Lipinski definition) is 4. The molecule has 0 saturated carbocycles. The number of amides is 2. The van der Waals surface area contributed by atoms with Crippen LogP contribution in [0.2, 0.25) is 0 Å². The van der Waals surface area contributed by atoms with Crippen molar-refractivity contribution in [1.82, 2.24) is 15.5 Å². The van der Waals surface area contributed by atoms with Gasteiger partial charge in [-0.3, -0.25) is 14.5 Å². The summed E-state index contributed by atoms with van der Waals surface area (Å²) in [4.78, 5) is 29.6. The highest BCUT2D eigenvalue weighted by molar-refractivity contribution is 7.11. The Kier molecular flexibility index (Phi) is 5.27. The van der Waals surface area contributed by atoms with Crippen LogP contribution in [0.25, 0.3) is 0 Å². The lowest BCUT2D eigenvalue weighted by atomic mass is 10.0. The van der Waals surface area contributed by atoms with Crippen molar-refractivity contribution in [3.63, 3.8) is 0 Å². The van der Waals surface area contributed by atoms with Crippen molar-refractivity contribution in [2.24, 2.45) is 0 Å². The summed E-state index contributed by atoms with van der Waals surface area (Å²) in [5.74, 6) is -0.0945. The number of hydrogen-bond donors (Lipinski definition) is 2. The summed E-state index contributed by atoms with van der Waals surface area (Å²) in [7, 11) is 0. The van der Waals surface area contributed by atoms with Gasteiger partial charge in [0.2, 0.25) is 11.8 Å². The molecule has 1 saturated heterocycles. The van der Waals surface area contributed by atoms with Gasteiger partial charge in [-0.2, -0.15) is 0 Å². The van der Waals surface area contributed by atoms with Crippen LogP contribution in [0.3, 0.4) is 0 Å². The Morgan fingerprint density at radius 2 is 1.96 bits per heavy atom. The lowest BCUT2D eigenvalue weighted by molar-refractivity contribution is -0.135. The molecule has 1 aromatic heterocycles. The minimum Gasteiger partial charge on any atom is -0.353 e. The van der Waals surface area contributed by atoms with Gasteiger partial charge in [0.05, 0.1) is 19.0 Å². The summed E-state index contributed by atoms with van der Waals surface area (Å²) < 4.78 is 0. The van der Waals surface area contributed by atoms with Crippen molar-refractivity contribution in [1.29, 1.82) is 0 Å². The second-order valence-electron chi connectivity index (χ2n) is 7.37. The highest BCUT2D eigenvalue weighted by Crippen LogP contribution is 2.28. The van der Waals surface area contributed by atoms with Crippen LogP contribution in [0.5, 0.6) is 0 Å². The van der Waals surface area contributed by atoms with E-state index in [0.29, 0.717) is 19.1 Å². The number of fused-ring (bicyclic) bond motifs is 1. The molecular formula is C21H25N3O2S. The Morgan fingerprint density at radius 3 is 2.63 bits per heavy atom.